The van der Waals surface area contributed by atoms with Gasteiger partial charge >= 0.3 is 0 Å². The van der Waals surface area contributed by atoms with Crippen molar-refractivity contribution in [1.29, 1.82) is 0 Å². The van der Waals surface area contributed by atoms with Crippen molar-refractivity contribution >= 4 is 5.91 Å². The van der Waals surface area contributed by atoms with Gasteiger partial charge in [0.1, 0.15) is 5.69 Å². The van der Waals surface area contributed by atoms with Crippen LogP contribution >= 0.6 is 0 Å². The molecule has 4 nitrogen and oxygen atoms in total. The van der Waals surface area contributed by atoms with Crippen LogP contribution in [0.2, 0.25) is 0 Å². The number of likely N-dealkylation sites (tertiary alicyclic amines) is 1. The highest BCUT2D eigenvalue weighted by molar-refractivity contribution is 5.92. The molecule has 1 aliphatic heterocycles. The minimum atomic E-state index is 0.0392. The van der Waals surface area contributed by atoms with Crippen molar-refractivity contribution in [2.24, 2.45) is 0 Å². The minimum Gasteiger partial charge on any atom is -0.333 e. The molecule has 0 bridgehead atoms. The smallest absolute Gasteiger partial charge is 0.272 e. The van der Waals surface area contributed by atoms with Gasteiger partial charge < -0.3 is 4.90 Å². The maximum Gasteiger partial charge on any atom is 0.272 e. The molecule has 2 aromatic rings. The van der Waals surface area contributed by atoms with Gasteiger partial charge in [-0.1, -0.05) is 36.4 Å². The van der Waals surface area contributed by atoms with Crippen LogP contribution in [0, 0.1) is 0 Å². The van der Waals surface area contributed by atoms with E-state index in [0.29, 0.717) is 18.3 Å². The van der Waals surface area contributed by atoms with E-state index in [9.17, 15) is 4.79 Å². The van der Waals surface area contributed by atoms with Crippen molar-refractivity contribution in [3.05, 3.63) is 66.0 Å². The van der Waals surface area contributed by atoms with Gasteiger partial charge in [-0.2, -0.15) is 0 Å². The zero-order valence-corrected chi connectivity index (χ0v) is 14.4. The van der Waals surface area contributed by atoms with Gasteiger partial charge in [-0.3, -0.25) is 14.7 Å². The Balaban J connectivity index is 1.68. The number of rotatable bonds is 5. The van der Waals surface area contributed by atoms with Crippen LogP contribution in [0.3, 0.4) is 0 Å². The second-order valence-corrected chi connectivity index (χ2v) is 6.33. The van der Waals surface area contributed by atoms with E-state index >= 15 is 0 Å². The highest BCUT2D eigenvalue weighted by Gasteiger charge is 2.32. The average molecular weight is 323 g/mol. The largest absolute Gasteiger partial charge is 0.333 e. The molecule has 0 saturated carbocycles. The first-order valence-electron chi connectivity index (χ1n) is 8.71. The van der Waals surface area contributed by atoms with Crippen LogP contribution in [-0.2, 0) is 0 Å². The Labute approximate surface area is 144 Å². The molecule has 0 aliphatic carbocycles. The van der Waals surface area contributed by atoms with Crippen LogP contribution < -0.4 is 0 Å². The second kappa shape index (κ2) is 7.58. The molecule has 0 radical (unpaired) electrons. The van der Waals surface area contributed by atoms with Crippen molar-refractivity contribution in [3.8, 4) is 0 Å². The predicted molar refractivity (Wildman–Crippen MR) is 95.8 cm³/mol. The summed E-state index contributed by atoms with van der Waals surface area (Å²) in [5, 5.41) is 0. The van der Waals surface area contributed by atoms with Crippen LogP contribution in [0.25, 0.3) is 0 Å². The summed E-state index contributed by atoms with van der Waals surface area (Å²) in [6.45, 7) is 6.95. The molecule has 0 N–H and O–H groups in total. The average Bonchev–Trinajstić information content (AvgIpc) is 3.13. The molecule has 3 rings (SSSR count). The first kappa shape index (κ1) is 16.7. The SMILES string of the molecule is CCN(C(=O)c1ccccn1)[C@@H]1CCN([C@@H](C)c2ccccc2)C1. The fourth-order valence-corrected chi connectivity index (χ4v) is 3.52. The number of hydrogen-bond donors (Lipinski definition) is 0. The van der Waals surface area contributed by atoms with E-state index in [1.807, 2.05) is 30.0 Å². The zero-order valence-electron chi connectivity index (χ0n) is 14.4. The van der Waals surface area contributed by atoms with Gasteiger partial charge in [-0.15, -0.1) is 0 Å². The van der Waals surface area contributed by atoms with Crippen LogP contribution in [0.4, 0.5) is 0 Å². The molecule has 1 fully saturated rings. The van der Waals surface area contributed by atoms with Gasteiger partial charge in [-0.05, 0) is 38.0 Å². The van der Waals surface area contributed by atoms with Gasteiger partial charge in [0, 0.05) is 37.9 Å². The number of likely N-dealkylation sites (N-methyl/N-ethyl adjacent to an activating group) is 1. The molecule has 24 heavy (non-hydrogen) atoms. The maximum absolute atomic E-state index is 12.8. The number of pyridine rings is 1. The number of carbonyl (C=O) groups excluding carboxylic acids is 1. The normalized spacial score (nSPS) is 19.2. The van der Waals surface area contributed by atoms with E-state index < -0.39 is 0 Å². The summed E-state index contributed by atoms with van der Waals surface area (Å²) < 4.78 is 0. The van der Waals surface area contributed by atoms with E-state index in [1.165, 1.54) is 5.56 Å². The number of hydrogen-bond acceptors (Lipinski definition) is 3. The number of nitrogens with zero attached hydrogens (tertiary/aromatic N) is 3. The Morgan fingerprint density at radius 1 is 1.25 bits per heavy atom. The predicted octanol–water partition coefficient (Wildman–Crippen LogP) is 3.38. The first-order chi connectivity index (χ1) is 11.7. The Morgan fingerprint density at radius 3 is 2.67 bits per heavy atom. The number of amides is 1. The summed E-state index contributed by atoms with van der Waals surface area (Å²) in [4.78, 5) is 21.4. The Kier molecular flexibility index (Phi) is 5.26. The van der Waals surface area contributed by atoms with Crippen LogP contribution in [0.5, 0.6) is 0 Å². The molecule has 2 atom stereocenters. The maximum atomic E-state index is 12.8. The van der Waals surface area contributed by atoms with Crippen molar-refractivity contribution in [3.63, 3.8) is 0 Å². The van der Waals surface area contributed by atoms with Gasteiger partial charge in [0.2, 0.25) is 0 Å². The monoisotopic (exact) mass is 323 g/mol. The van der Waals surface area contributed by atoms with Gasteiger partial charge in [0.25, 0.3) is 5.91 Å². The standard InChI is InChI=1S/C20H25N3O/c1-3-23(20(24)19-11-7-8-13-21-19)18-12-14-22(15-18)16(2)17-9-5-4-6-10-17/h4-11,13,16,18H,3,12,14-15H2,1-2H3/t16-,18+/m0/s1. The molecule has 1 aromatic heterocycles. The molecule has 1 aliphatic rings. The minimum absolute atomic E-state index is 0.0392. The van der Waals surface area contributed by atoms with Gasteiger partial charge in [0.15, 0.2) is 0 Å². The third-order valence-corrected chi connectivity index (χ3v) is 4.95. The summed E-state index contributed by atoms with van der Waals surface area (Å²) in [7, 11) is 0. The number of aromatic nitrogens is 1. The molecule has 2 heterocycles. The molecule has 1 amide bonds. The first-order valence-corrected chi connectivity index (χ1v) is 8.71. The fourth-order valence-electron chi connectivity index (χ4n) is 3.52. The van der Waals surface area contributed by atoms with E-state index in [2.05, 4.69) is 41.1 Å². The number of carbonyl (C=O) groups is 1. The van der Waals surface area contributed by atoms with Crippen LogP contribution in [0.15, 0.2) is 54.7 Å². The van der Waals surface area contributed by atoms with Crippen molar-refractivity contribution in [1.82, 2.24) is 14.8 Å². The third-order valence-electron chi connectivity index (χ3n) is 4.95. The van der Waals surface area contributed by atoms with Gasteiger partial charge in [-0.25, -0.2) is 0 Å². The molecule has 0 spiro atoms. The summed E-state index contributed by atoms with van der Waals surface area (Å²) in [5.41, 5.74) is 1.87. The lowest BCUT2D eigenvalue weighted by Crippen LogP contribution is -2.42. The lowest BCUT2D eigenvalue weighted by molar-refractivity contribution is 0.0683. The van der Waals surface area contributed by atoms with E-state index in [0.717, 1.165) is 19.5 Å². The molecular formula is C20H25N3O. The Hall–Kier alpha value is -2.20. The summed E-state index contributed by atoms with van der Waals surface area (Å²) in [5.74, 6) is 0.0392. The topological polar surface area (TPSA) is 36.4 Å². The molecule has 4 heteroatoms. The van der Waals surface area contributed by atoms with Crippen molar-refractivity contribution < 1.29 is 4.79 Å². The van der Waals surface area contributed by atoms with Crippen molar-refractivity contribution in [2.75, 3.05) is 19.6 Å². The molecule has 1 aromatic carbocycles. The van der Waals surface area contributed by atoms with E-state index in [-0.39, 0.29) is 11.9 Å². The van der Waals surface area contributed by atoms with Gasteiger partial charge in [0.05, 0.1) is 0 Å². The summed E-state index contributed by atoms with van der Waals surface area (Å²) in [6.07, 6.45) is 2.70. The summed E-state index contributed by atoms with van der Waals surface area (Å²) in [6, 6.07) is 16.7. The molecule has 126 valence electrons. The quantitative estimate of drug-likeness (QED) is 0.846. The Bertz CT molecular complexity index is 659. The van der Waals surface area contributed by atoms with Crippen LogP contribution in [0.1, 0.15) is 42.4 Å². The highest BCUT2D eigenvalue weighted by atomic mass is 16.2. The lowest BCUT2D eigenvalue weighted by Gasteiger charge is -2.29. The fraction of sp³-hybridized carbons (Fsp3) is 0.400. The zero-order chi connectivity index (χ0) is 16.9. The third kappa shape index (κ3) is 3.49. The summed E-state index contributed by atoms with van der Waals surface area (Å²) >= 11 is 0. The van der Waals surface area contributed by atoms with Crippen LogP contribution in [-0.4, -0.2) is 46.4 Å². The molecule has 1 saturated heterocycles. The molecular weight excluding hydrogens is 298 g/mol. The molecule has 0 unspecified atom stereocenters. The van der Waals surface area contributed by atoms with Crippen molar-refractivity contribution in [2.45, 2.75) is 32.4 Å². The Morgan fingerprint density at radius 2 is 2.00 bits per heavy atom. The number of benzene rings is 1. The van der Waals surface area contributed by atoms with E-state index in [1.54, 1.807) is 12.3 Å². The lowest BCUT2D eigenvalue weighted by atomic mass is 10.1. The van der Waals surface area contributed by atoms with E-state index in [4.69, 9.17) is 0 Å². The second-order valence-electron chi connectivity index (χ2n) is 6.33. The highest BCUT2D eigenvalue weighted by Crippen LogP contribution is 2.27.